The van der Waals surface area contributed by atoms with E-state index < -0.39 is 18.7 Å². The third-order valence-electron chi connectivity index (χ3n) is 9.24. The molecule has 0 unspecified atom stereocenters. The summed E-state index contributed by atoms with van der Waals surface area (Å²) in [5.74, 6) is 0.772. The van der Waals surface area contributed by atoms with E-state index in [1.165, 1.54) is 6.33 Å². The van der Waals surface area contributed by atoms with Gasteiger partial charge in [-0.05, 0) is 44.4 Å². The van der Waals surface area contributed by atoms with E-state index in [0.717, 1.165) is 16.8 Å². The molecule has 2 aliphatic rings. The Balaban J connectivity index is 1.15. The third kappa shape index (κ3) is 6.09. The van der Waals surface area contributed by atoms with Gasteiger partial charge in [0.1, 0.15) is 18.4 Å². The summed E-state index contributed by atoms with van der Waals surface area (Å²) >= 11 is 0. The van der Waals surface area contributed by atoms with Crippen molar-refractivity contribution in [3.8, 4) is 16.9 Å². The number of alkyl halides is 1. The Hall–Kier alpha value is -5.63. The van der Waals surface area contributed by atoms with Crippen molar-refractivity contribution in [2.24, 2.45) is 7.05 Å². The van der Waals surface area contributed by atoms with Gasteiger partial charge in [0.15, 0.2) is 22.7 Å². The number of piperazine rings is 1. The number of rotatable bonds is 9. The second kappa shape index (κ2) is 12.3. The predicted molar refractivity (Wildman–Crippen MR) is 194 cm³/mol. The number of hydrogen-bond donors (Lipinski definition) is 3. The number of nitrogens with one attached hydrogen (secondary N) is 3. The van der Waals surface area contributed by atoms with Crippen LogP contribution in [0, 0.1) is 0 Å². The number of imidazole rings is 1. The topological polar surface area (TPSA) is 172 Å². The second-order valence-corrected chi connectivity index (χ2v) is 16.3. The van der Waals surface area contributed by atoms with E-state index in [1.807, 2.05) is 37.5 Å². The van der Waals surface area contributed by atoms with Gasteiger partial charge in [-0.15, -0.1) is 0 Å². The van der Waals surface area contributed by atoms with Crippen molar-refractivity contribution >= 4 is 69.4 Å². The zero-order valence-corrected chi connectivity index (χ0v) is 29.4. The van der Waals surface area contributed by atoms with Crippen LogP contribution in [-0.4, -0.2) is 103 Å². The molecule has 5 heterocycles. The first-order valence-corrected chi connectivity index (χ1v) is 19.1. The highest BCUT2D eigenvalue weighted by molar-refractivity contribution is 7.71. The molecule has 1 aliphatic heterocycles. The number of amides is 1. The maximum Gasteiger partial charge on any atom is 0.260 e. The molecule has 1 aliphatic carbocycles. The van der Waals surface area contributed by atoms with E-state index in [4.69, 9.17) is 9.72 Å². The molecule has 1 amide bonds. The number of carbonyl (C=O) groups is 1. The number of hydrogen-bond acceptors (Lipinski definition) is 12. The van der Waals surface area contributed by atoms with Gasteiger partial charge in [0.25, 0.3) is 5.91 Å². The van der Waals surface area contributed by atoms with Gasteiger partial charge >= 0.3 is 0 Å². The van der Waals surface area contributed by atoms with Crippen LogP contribution in [0.15, 0.2) is 55.4 Å². The number of H-pyrrole nitrogens is 1. The van der Waals surface area contributed by atoms with Crippen molar-refractivity contribution in [2.45, 2.75) is 18.5 Å². The number of ether oxygens (including phenoxy) is 1. The molecule has 0 bridgehead atoms. The Morgan fingerprint density at radius 2 is 1.78 bits per heavy atom. The number of nitrogens with zero attached hydrogens (tertiary/aromatic N) is 9. The van der Waals surface area contributed by atoms with Crippen LogP contribution < -0.4 is 25.6 Å². The SMILES string of the molecule is COc1cc(N2CCN(C(=O)C3(F)CC3)CC2)c(-c2cnn(C)c2)cc1Nc1nc(Nc2ccc3nccnc3c2P(C)(C)=O)c2nc[nH]c2n1. The fraction of sp³-hybridized carbons (Fsp3) is 0.324. The highest BCUT2D eigenvalue weighted by Crippen LogP contribution is 2.44. The van der Waals surface area contributed by atoms with Crippen molar-refractivity contribution in [3.05, 3.63) is 55.4 Å². The summed E-state index contributed by atoms with van der Waals surface area (Å²) in [6.45, 7) is 5.30. The van der Waals surface area contributed by atoms with Gasteiger partial charge in [0.05, 0.1) is 41.8 Å². The van der Waals surface area contributed by atoms with E-state index in [-0.39, 0.29) is 5.95 Å². The van der Waals surface area contributed by atoms with Gasteiger partial charge in [0, 0.05) is 74.7 Å². The van der Waals surface area contributed by atoms with Crippen LogP contribution in [0.5, 0.6) is 5.75 Å². The van der Waals surface area contributed by atoms with Crippen LogP contribution in [0.2, 0.25) is 0 Å². The molecule has 17 heteroatoms. The maximum atomic E-state index is 14.6. The van der Waals surface area contributed by atoms with E-state index in [0.29, 0.717) is 89.5 Å². The highest BCUT2D eigenvalue weighted by Gasteiger charge is 2.53. The van der Waals surface area contributed by atoms with E-state index >= 15 is 0 Å². The molecule has 0 atom stereocenters. The van der Waals surface area contributed by atoms with Crippen LogP contribution in [-0.2, 0) is 16.4 Å². The summed E-state index contributed by atoms with van der Waals surface area (Å²) in [6.07, 6.45) is 9.04. The first-order valence-electron chi connectivity index (χ1n) is 16.5. The number of anilines is 5. The first-order chi connectivity index (χ1) is 24.5. The molecule has 4 aromatic heterocycles. The standard InChI is InChI=1S/C34H36FN12O3P/c1-45-18-20(17-40-45)21-15-24(26(50-2)16-25(21)46-11-13-47(14-12-46)32(48)34(35)7-8-34)42-33-43-30-28(38-19-39-30)31(44-33)41-23-6-5-22-27(37-10-9-36-22)29(23)51(3,4)49/h5-6,9-10,15-19H,7-8,11-14H2,1-4H3,(H3,38,39,41,42,43,44). The minimum absolute atomic E-state index is 0.253. The molecule has 2 fully saturated rings. The lowest BCUT2D eigenvalue weighted by Crippen LogP contribution is -2.51. The molecule has 15 nitrogen and oxygen atoms in total. The smallest absolute Gasteiger partial charge is 0.260 e. The Kier molecular flexibility index (Phi) is 7.85. The van der Waals surface area contributed by atoms with Gasteiger partial charge in [-0.25, -0.2) is 9.37 Å². The number of benzene rings is 2. The number of aryl methyl sites for hydroxylation is 1. The van der Waals surface area contributed by atoms with Crippen LogP contribution in [0.4, 0.5) is 33.2 Å². The molecule has 262 valence electrons. The zero-order valence-electron chi connectivity index (χ0n) is 28.5. The minimum atomic E-state index is -2.84. The van der Waals surface area contributed by atoms with Crippen LogP contribution in [0.25, 0.3) is 33.3 Å². The fourth-order valence-corrected chi connectivity index (χ4v) is 7.93. The second-order valence-electron chi connectivity index (χ2n) is 13.2. The van der Waals surface area contributed by atoms with Crippen molar-refractivity contribution in [2.75, 3.05) is 62.2 Å². The van der Waals surface area contributed by atoms with Crippen LogP contribution >= 0.6 is 7.14 Å². The maximum absolute atomic E-state index is 14.6. The van der Waals surface area contributed by atoms with Gasteiger partial charge < -0.3 is 34.7 Å². The van der Waals surface area contributed by atoms with Crippen LogP contribution in [0.3, 0.4) is 0 Å². The monoisotopic (exact) mass is 710 g/mol. The summed E-state index contributed by atoms with van der Waals surface area (Å²) in [6, 6.07) is 7.54. The van der Waals surface area contributed by atoms with Crippen molar-refractivity contribution in [1.29, 1.82) is 0 Å². The van der Waals surface area contributed by atoms with Gasteiger partial charge in [-0.1, -0.05) is 0 Å². The Bertz CT molecular complexity index is 2360. The first kappa shape index (κ1) is 32.6. The number of fused-ring (bicyclic) bond motifs is 2. The highest BCUT2D eigenvalue weighted by atomic mass is 31.2. The van der Waals surface area contributed by atoms with E-state index in [9.17, 15) is 13.8 Å². The molecule has 1 saturated carbocycles. The summed E-state index contributed by atoms with van der Waals surface area (Å²) < 4.78 is 35.8. The molecule has 0 radical (unpaired) electrons. The molecule has 2 aromatic carbocycles. The Morgan fingerprint density at radius 3 is 2.49 bits per heavy atom. The summed E-state index contributed by atoms with van der Waals surface area (Å²) in [5.41, 5.74) is 4.29. The fourth-order valence-electron chi connectivity index (χ4n) is 6.54. The minimum Gasteiger partial charge on any atom is -0.494 e. The molecule has 3 N–H and O–H groups in total. The third-order valence-corrected chi connectivity index (χ3v) is 10.8. The lowest BCUT2D eigenvalue weighted by Gasteiger charge is -2.37. The van der Waals surface area contributed by atoms with Gasteiger partial charge in [-0.3, -0.25) is 19.4 Å². The molecule has 0 spiro atoms. The average molecular weight is 711 g/mol. The van der Waals surface area contributed by atoms with Crippen LogP contribution in [0.1, 0.15) is 12.8 Å². The van der Waals surface area contributed by atoms with E-state index in [2.05, 4.69) is 45.6 Å². The molecular formula is C34H36FN12O3P. The Labute approximate surface area is 292 Å². The predicted octanol–water partition coefficient (Wildman–Crippen LogP) is 4.59. The molecule has 51 heavy (non-hydrogen) atoms. The average Bonchev–Trinajstić information content (AvgIpc) is 3.46. The van der Waals surface area contributed by atoms with Crippen molar-refractivity contribution < 1.29 is 18.5 Å². The summed E-state index contributed by atoms with van der Waals surface area (Å²) in [7, 11) is 0.602. The molecule has 1 saturated heterocycles. The van der Waals surface area contributed by atoms with Crippen molar-refractivity contribution in [1.82, 2.24) is 44.6 Å². The van der Waals surface area contributed by atoms with Crippen molar-refractivity contribution in [3.63, 3.8) is 0 Å². The number of aromatic amines is 1. The lowest BCUT2D eigenvalue weighted by atomic mass is 10.0. The van der Waals surface area contributed by atoms with Gasteiger partial charge in [-0.2, -0.15) is 15.1 Å². The molecular weight excluding hydrogens is 674 g/mol. The normalized spacial score (nSPS) is 15.7. The number of carbonyl (C=O) groups excluding carboxylic acids is 1. The molecule has 8 rings (SSSR count). The summed E-state index contributed by atoms with van der Waals surface area (Å²) in [4.78, 5) is 42.4. The summed E-state index contributed by atoms with van der Waals surface area (Å²) in [5, 5.41) is 11.7. The number of aromatic nitrogens is 8. The number of methoxy groups -OCH3 is 1. The largest absolute Gasteiger partial charge is 0.494 e. The zero-order chi connectivity index (χ0) is 35.5. The number of halogens is 1. The van der Waals surface area contributed by atoms with E-state index in [1.54, 1.807) is 48.6 Å². The van der Waals surface area contributed by atoms with Gasteiger partial charge in [0.2, 0.25) is 5.95 Å². The molecule has 6 aromatic rings. The Morgan fingerprint density at radius 1 is 1.00 bits per heavy atom. The quantitative estimate of drug-likeness (QED) is 0.179. The lowest BCUT2D eigenvalue weighted by molar-refractivity contribution is -0.138.